The molecule has 0 aliphatic carbocycles. The molecule has 7 nitrogen and oxygen atoms in total. The Bertz CT molecular complexity index is 937. The van der Waals surface area contributed by atoms with Gasteiger partial charge >= 0.3 is 6.09 Å². The smallest absolute Gasteiger partial charge is 0.421 e. The Kier molecular flexibility index (Phi) is 5.25. The number of rotatable bonds is 5. The van der Waals surface area contributed by atoms with Crippen molar-refractivity contribution in [2.75, 3.05) is 6.26 Å². The molecule has 0 fully saturated rings. The van der Waals surface area contributed by atoms with Crippen LogP contribution in [0, 0.1) is 0 Å². The SMILES string of the molecule is CS(=O)(=O)c1ccccc1S(=O)(=O)NC(=O)OCc1ccccc1. The first-order chi connectivity index (χ1) is 11.2. The Hall–Kier alpha value is -2.39. The maximum atomic E-state index is 12.2. The molecule has 0 bridgehead atoms. The monoisotopic (exact) mass is 369 g/mol. The van der Waals surface area contributed by atoms with E-state index in [9.17, 15) is 21.6 Å². The van der Waals surface area contributed by atoms with Gasteiger partial charge in [0.1, 0.15) is 11.5 Å². The van der Waals surface area contributed by atoms with Gasteiger partial charge < -0.3 is 4.74 Å². The second-order valence-electron chi connectivity index (χ2n) is 4.89. The van der Waals surface area contributed by atoms with Crippen LogP contribution in [-0.4, -0.2) is 29.2 Å². The van der Waals surface area contributed by atoms with E-state index in [-0.39, 0.29) is 6.61 Å². The molecule has 2 rings (SSSR count). The van der Waals surface area contributed by atoms with Gasteiger partial charge in [-0.05, 0) is 17.7 Å². The zero-order valence-electron chi connectivity index (χ0n) is 12.7. The van der Waals surface area contributed by atoms with Crippen LogP contribution in [0.4, 0.5) is 4.79 Å². The zero-order chi connectivity index (χ0) is 17.8. The summed E-state index contributed by atoms with van der Waals surface area (Å²) in [4.78, 5) is 10.8. The van der Waals surface area contributed by atoms with Gasteiger partial charge in [0.15, 0.2) is 9.84 Å². The Labute approximate surface area is 140 Å². The third-order valence-electron chi connectivity index (χ3n) is 2.97. The molecule has 0 unspecified atom stereocenters. The van der Waals surface area contributed by atoms with Crippen LogP contribution >= 0.6 is 0 Å². The molecule has 2 aromatic carbocycles. The summed E-state index contributed by atoms with van der Waals surface area (Å²) in [6.07, 6.45) is -0.308. The van der Waals surface area contributed by atoms with Crippen LogP contribution < -0.4 is 4.72 Å². The molecule has 0 aliphatic rings. The fourth-order valence-electron chi connectivity index (χ4n) is 1.90. The lowest BCUT2D eigenvalue weighted by molar-refractivity contribution is 0.146. The van der Waals surface area contributed by atoms with Crippen LogP contribution in [0.5, 0.6) is 0 Å². The lowest BCUT2D eigenvalue weighted by Crippen LogP contribution is -2.32. The number of hydrogen-bond acceptors (Lipinski definition) is 6. The normalized spacial score (nSPS) is 11.7. The number of hydrogen-bond donors (Lipinski definition) is 1. The van der Waals surface area contributed by atoms with Crippen molar-refractivity contribution in [2.24, 2.45) is 0 Å². The van der Waals surface area contributed by atoms with Crippen molar-refractivity contribution < 1.29 is 26.4 Å². The van der Waals surface area contributed by atoms with E-state index < -0.39 is 35.7 Å². The third-order valence-corrected chi connectivity index (χ3v) is 5.62. The predicted octanol–water partition coefficient (Wildman–Crippen LogP) is 1.71. The second kappa shape index (κ2) is 7.02. The maximum absolute atomic E-state index is 12.2. The lowest BCUT2D eigenvalue weighted by atomic mass is 10.2. The summed E-state index contributed by atoms with van der Waals surface area (Å²) in [6.45, 7) is -0.115. The number of sulfonamides is 1. The standard InChI is InChI=1S/C15H15NO6S2/c1-23(18,19)13-9-5-6-10-14(13)24(20,21)16-15(17)22-11-12-7-3-2-4-8-12/h2-10H,11H2,1H3,(H,16,17). The number of nitrogens with one attached hydrogen (secondary N) is 1. The Morgan fingerprint density at radius 3 is 2.04 bits per heavy atom. The van der Waals surface area contributed by atoms with Crippen molar-refractivity contribution in [1.82, 2.24) is 4.72 Å². The van der Waals surface area contributed by atoms with Gasteiger partial charge in [-0.15, -0.1) is 0 Å². The summed E-state index contributed by atoms with van der Waals surface area (Å²) in [6, 6.07) is 13.7. The summed E-state index contributed by atoms with van der Waals surface area (Å²) in [5, 5.41) is 0. The van der Waals surface area contributed by atoms with Crippen LogP contribution in [-0.2, 0) is 31.2 Å². The van der Waals surface area contributed by atoms with E-state index in [2.05, 4.69) is 0 Å². The molecule has 128 valence electrons. The summed E-state index contributed by atoms with van der Waals surface area (Å²) in [7, 11) is -8.16. The number of benzene rings is 2. The summed E-state index contributed by atoms with van der Waals surface area (Å²) in [5.41, 5.74) is 0.682. The molecule has 0 aromatic heterocycles. The average molecular weight is 369 g/mol. The van der Waals surface area contributed by atoms with E-state index in [0.717, 1.165) is 18.4 Å². The minimum atomic E-state index is -4.38. The number of carbonyl (C=O) groups excluding carboxylic acids is 1. The van der Waals surface area contributed by atoms with Crippen molar-refractivity contribution in [3.05, 3.63) is 60.2 Å². The van der Waals surface area contributed by atoms with Crippen LogP contribution in [0.1, 0.15) is 5.56 Å². The van der Waals surface area contributed by atoms with Gasteiger partial charge in [0, 0.05) is 6.26 Å². The molecule has 2 aromatic rings. The molecule has 0 saturated carbocycles. The quantitative estimate of drug-likeness (QED) is 0.860. The van der Waals surface area contributed by atoms with Crippen LogP contribution in [0.2, 0.25) is 0 Å². The molecule has 0 spiro atoms. The van der Waals surface area contributed by atoms with Gasteiger partial charge in [-0.25, -0.2) is 26.4 Å². The topological polar surface area (TPSA) is 107 Å². The molecule has 0 aliphatic heterocycles. The van der Waals surface area contributed by atoms with Crippen LogP contribution in [0.3, 0.4) is 0 Å². The van der Waals surface area contributed by atoms with Gasteiger partial charge in [0.05, 0.1) is 4.90 Å². The zero-order valence-corrected chi connectivity index (χ0v) is 14.3. The molecule has 1 amide bonds. The maximum Gasteiger partial charge on any atom is 0.421 e. The number of ether oxygens (including phenoxy) is 1. The molecule has 0 heterocycles. The molecule has 9 heteroatoms. The lowest BCUT2D eigenvalue weighted by Gasteiger charge is -2.10. The van der Waals surface area contributed by atoms with Gasteiger partial charge in [-0.2, -0.15) is 0 Å². The second-order valence-corrected chi connectivity index (χ2v) is 8.52. The van der Waals surface area contributed by atoms with E-state index in [1.807, 2.05) is 0 Å². The fourth-order valence-corrected chi connectivity index (χ4v) is 4.42. The molecule has 0 saturated heterocycles. The molecule has 24 heavy (non-hydrogen) atoms. The summed E-state index contributed by atoms with van der Waals surface area (Å²) >= 11 is 0. The van der Waals surface area contributed by atoms with Gasteiger partial charge in [-0.1, -0.05) is 42.5 Å². The van der Waals surface area contributed by atoms with Crippen molar-refractivity contribution >= 4 is 26.0 Å². The number of amides is 1. The Morgan fingerprint density at radius 2 is 1.46 bits per heavy atom. The largest absolute Gasteiger partial charge is 0.444 e. The first kappa shape index (κ1) is 18.0. The average Bonchev–Trinajstić information content (AvgIpc) is 2.53. The van der Waals surface area contributed by atoms with Gasteiger partial charge in [-0.3, -0.25) is 0 Å². The van der Waals surface area contributed by atoms with Crippen molar-refractivity contribution in [3.63, 3.8) is 0 Å². The van der Waals surface area contributed by atoms with Gasteiger partial charge in [0.2, 0.25) is 0 Å². The molecular weight excluding hydrogens is 354 g/mol. The number of carbonyl (C=O) groups is 1. The highest BCUT2D eigenvalue weighted by Crippen LogP contribution is 2.20. The first-order valence-corrected chi connectivity index (χ1v) is 10.1. The molecular formula is C15H15NO6S2. The van der Waals surface area contributed by atoms with Crippen LogP contribution in [0.15, 0.2) is 64.4 Å². The predicted molar refractivity (Wildman–Crippen MR) is 86.5 cm³/mol. The van der Waals surface area contributed by atoms with E-state index in [4.69, 9.17) is 4.74 Å². The van der Waals surface area contributed by atoms with Crippen molar-refractivity contribution in [2.45, 2.75) is 16.4 Å². The highest BCUT2D eigenvalue weighted by Gasteiger charge is 2.25. The van der Waals surface area contributed by atoms with Crippen LogP contribution in [0.25, 0.3) is 0 Å². The van der Waals surface area contributed by atoms with Crippen molar-refractivity contribution in [3.8, 4) is 0 Å². The Morgan fingerprint density at radius 1 is 0.917 bits per heavy atom. The Balaban J connectivity index is 2.16. The highest BCUT2D eigenvalue weighted by atomic mass is 32.2. The van der Waals surface area contributed by atoms with E-state index in [0.29, 0.717) is 5.56 Å². The van der Waals surface area contributed by atoms with Gasteiger partial charge in [0.25, 0.3) is 10.0 Å². The minimum absolute atomic E-state index is 0.115. The highest BCUT2D eigenvalue weighted by molar-refractivity contribution is 7.93. The van der Waals surface area contributed by atoms with E-state index in [1.165, 1.54) is 12.1 Å². The molecule has 0 atom stereocenters. The fraction of sp³-hybridized carbons (Fsp3) is 0.133. The van der Waals surface area contributed by atoms with E-state index in [1.54, 1.807) is 35.1 Å². The first-order valence-electron chi connectivity index (χ1n) is 6.73. The third kappa shape index (κ3) is 4.56. The summed E-state index contributed by atoms with van der Waals surface area (Å²) < 4.78 is 54.4. The molecule has 1 N–H and O–H groups in total. The molecule has 0 radical (unpaired) electrons. The number of sulfone groups is 1. The van der Waals surface area contributed by atoms with Crippen molar-refractivity contribution in [1.29, 1.82) is 0 Å². The van der Waals surface area contributed by atoms with E-state index >= 15 is 0 Å². The minimum Gasteiger partial charge on any atom is -0.444 e. The summed E-state index contributed by atoms with van der Waals surface area (Å²) in [5.74, 6) is 0.